The van der Waals surface area contributed by atoms with E-state index < -0.39 is 12.1 Å². The molecule has 168 valence electrons. The molecule has 4 aromatic rings. The molecule has 9 nitrogen and oxygen atoms in total. The maximum atomic E-state index is 12.3. The van der Waals surface area contributed by atoms with Crippen molar-refractivity contribution in [2.75, 3.05) is 11.9 Å². The topological polar surface area (TPSA) is 125 Å². The Balaban J connectivity index is 1.41. The van der Waals surface area contributed by atoms with Gasteiger partial charge >= 0.3 is 6.09 Å². The first-order chi connectivity index (χ1) is 16.1. The van der Waals surface area contributed by atoms with Crippen molar-refractivity contribution in [1.82, 2.24) is 25.3 Å². The molecule has 4 rings (SSSR count). The highest BCUT2D eigenvalue weighted by Gasteiger charge is 2.16. The molecule has 33 heavy (non-hydrogen) atoms. The number of hydrogen-bond donors (Lipinski definition) is 4. The SMILES string of the molecule is Cc1cnc(NCc2cccnc2)nc1-c1c[nH]c(OC(=O)NC(CO)c2ccccc2)c1. The lowest BCUT2D eigenvalue weighted by molar-refractivity contribution is 0.182. The molecule has 0 bridgehead atoms. The minimum absolute atomic E-state index is 0.246. The van der Waals surface area contributed by atoms with E-state index in [2.05, 4.69) is 30.6 Å². The van der Waals surface area contributed by atoms with Crippen molar-refractivity contribution >= 4 is 12.0 Å². The average molecular weight is 444 g/mol. The molecule has 3 heterocycles. The Morgan fingerprint density at radius 3 is 2.79 bits per heavy atom. The predicted molar refractivity (Wildman–Crippen MR) is 124 cm³/mol. The van der Waals surface area contributed by atoms with Crippen LogP contribution in [0.3, 0.4) is 0 Å². The summed E-state index contributed by atoms with van der Waals surface area (Å²) in [6.45, 7) is 2.21. The number of aryl methyl sites for hydroxylation is 1. The molecule has 3 aromatic heterocycles. The zero-order chi connectivity index (χ0) is 23.0. The van der Waals surface area contributed by atoms with Gasteiger partial charge in [0.2, 0.25) is 11.8 Å². The van der Waals surface area contributed by atoms with E-state index >= 15 is 0 Å². The summed E-state index contributed by atoms with van der Waals surface area (Å²) in [6, 6.07) is 14.2. The van der Waals surface area contributed by atoms with E-state index in [-0.39, 0.29) is 12.5 Å². The van der Waals surface area contributed by atoms with E-state index in [1.54, 1.807) is 30.9 Å². The number of pyridine rings is 1. The highest BCUT2D eigenvalue weighted by atomic mass is 16.6. The summed E-state index contributed by atoms with van der Waals surface area (Å²) < 4.78 is 5.36. The summed E-state index contributed by atoms with van der Waals surface area (Å²) in [7, 11) is 0. The van der Waals surface area contributed by atoms with E-state index in [1.165, 1.54) is 0 Å². The van der Waals surface area contributed by atoms with Crippen LogP contribution in [-0.4, -0.2) is 37.7 Å². The number of carbonyl (C=O) groups is 1. The third kappa shape index (κ3) is 5.72. The van der Waals surface area contributed by atoms with Crippen LogP contribution in [-0.2, 0) is 6.54 Å². The lowest BCUT2D eigenvalue weighted by Gasteiger charge is -2.15. The van der Waals surface area contributed by atoms with Crippen LogP contribution >= 0.6 is 0 Å². The van der Waals surface area contributed by atoms with Crippen LogP contribution in [0.5, 0.6) is 5.88 Å². The molecule has 0 saturated carbocycles. The van der Waals surface area contributed by atoms with Gasteiger partial charge in [-0.05, 0) is 29.7 Å². The number of anilines is 1. The Bertz CT molecular complexity index is 1200. The Kier molecular flexibility index (Phi) is 6.91. The third-order valence-corrected chi connectivity index (χ3v) is 4.95. The van der Waals surface area contributed by atoms with Gasteiger partial charge in [0.15, 0.2) is 0 Å². The minimum Gasteiger partial charge on any atom is -0.394 e. The number of aromatic nitrogens is 4. The number of nitrogens with zero attached hydrogens (tertiary/aromatic N) is 3. The van der Waals surface area contributed by atoms with Gasteiger partial charge in [0.1, 0.15) is 0 Å². The molecule has 0 fully saturated rings. The summed E-state index contributed by atoms with van der Waals surface area (Å²) in [5.41, 5.74) is 4.14. The number of aliphatic hydroxyl groups excluding tert-OH is 1. The monoisotopic (exact) mass is 444 g/mol. The minimum atomic E-state index is -0.676. The number of aliphatic hydroxyl groups is 1. The van der Waals surface area contributed by atoms with E-state index in [9.17, 15) is 9.90 Å². The number of rotatable bonds is 8. The van der Waals surface area contributed by atoms with Gasteiger partial charge in [-0.1, -0.05) is 36.4 Å². The molecule has 1 aromatic carbocycles. The first-order valence-electron chi connectivity index (χ1n) is 10.4. The summed E-state index contributed by atoms with van der Waals surface area (Å²) in [5, 5.41) is 15.5. The molecule has 0 aliphatic rings. The van der Waals surface area contributed by atoms with Gasteiger partial charge < -0.3 is 25.5 Å². The first-order valence-corrected chi connectivity index (χ1v) is 10.4. The van der Waals surface area contributed by atoms with Crippen molar-refractivity contribution in [3.05, 3.63) is 90.0 Å². The first kappa shape index (κ1) is 22.0. The summed E-state index contributed by atoms with van der Waals surface area (Å²) in [6.07, 6.45) is 6.27. The van der Waals surface area contributed by atoms with Crippen molar-refractivity contribution in [3.8, 4) is 17.1 Å². The molecular formula is C24H24N6O3. The fourth-order valence-corrected chi connectivity index (χ4v) is 3.26. The second kappa shape index (κ2) is 10.4. The maximum Gasteiger partial charge on any atom is 0.414 e. The van der Waals surface area contributed by atoms with E-state index in [4.69, 9.17) is 4.74 Å². The number of aromatic amines is 1. The van der Waals surface area contributed by atoms with Gasteiger partial charge in [0.05, 0.1) is 18.3 Å². The second-order valence-electron chi connectivity index (χ2n) is 7.37. The van der Waals surface area contributed by atoms with Gasteiger partial charge in [0, 0.05) is 43.0 Å². The molecular weight excluding hydrogens is 420 g/mol. The van der Waals surface area contributed by atoms with E-state index in [0.29, 0.717) is 18.2 Å². The third-order valence-electron chi connectivity index (χ3n) is 4.95. The number of nitrogens with one attached hydrogen (secondary N) is 3. The van der Waals surface area contributed by atoms with Gasteiger partial charge in [-0.2, -0.15) is 0 Å². The van der Waals surface area contributed by atoms with Crippen molar-refractivity contribution in [1.29, 1.82) is 0 Å². The van der Waals surface area contributed by atoms with Crippen LogP contribution in [0.25, 0.3) is 11.3 Å². The number of ether oxygens (including phenoxy) is 1. The highest BCUT2D eigenvalue weighted by Crippen LogP contribution is 2.25. The number of benzene rings is 1. The van der Waals surface area contributed by atoms with Crippen LogP contribution in [0.4, 0.5) is 10.7 Å². The molecule has 0 spiro atoms. The van der Waals surface area contributed by atoms with E-state index in [0.717, 1.165) is 22.3 Å². The van der Waals surface area contributed by atoms with Crippen LogP contribution in [0.15, 0.2) is 73.3 Å². The molecule has 1 amide bonds. The zero-order valence-corrected chi connectivity index (χ0v) is 18.0. The zero-order valence-electron chi connectivity index (χ0n) is 18.0. The molecule has 0 aliphatic heterocycles. The Morgan fingerprint density at radius 1 is 1.18 bits per heavy atom. The van der Waals surface area contributed by atoms with Gasteiger partial charge in [0.25, 0.3) is 0 Å². The predicted octanol–water partition coefficient (Wildman–Crippen LogP) is 3.61. The fraction of sp³-hybridized carbons (Fsp3) is 0.167. The van der Waals surface area contributed by atoms with Gasteiger partial charge in [-0.15, -0.1) is 0 Å². The molecule has 1 atom stereocenters. The highest BCUT2D eigenvalue weighted by molar-refractivity contribution is 5.72. The van der Waals surface area contributed by atoms with Gasteiger partial charge in [-0.3, -0.25) is 4.98 Å². The summed E-state index contributed by atoms with van der Waals surface area (Å²) in [5.74, 6) is 0.740. The van der Waals surface area contributed by atoms with Crippen molar-refractivity contribution < 1.29 is 14.6 Å². The van der Waals surface area contributed by atoms with Crippen LogP contribution in [0.1, 0.15) is 22.7 Å². The Hall–Kier alpha value is -4.24. The van der Waals surface area contributed by atoms with Crippen LogP contribution < -0.4 is 15.4 Å². The summed E-state index contributed by atoms with van der Waals surface area (Å²) >= 11 is 0. The molecule has 1 unspecified atom stereocenters. The lowest BCUT2D eigenvalue weighted by Crippen LogP contribution is -2.33. The lowest BCUT2D eigenvalue weighted by atomic mass is 10.1. The normalized spacial score (nSPS) is 11.6. The second-order valence-corrected chi connectivity index (χ2v) is 7.37. The molecule has 0 aliphatic carbocycles. The summed E-state index contributed by atoms with van der Waals surface area (Å²) in [4.78, 5) is 28.3. The van der Waals surface area contributed by atoms with Crippen LogP contribution in [0, 0.1) is 6.92 Å². The molecule has 4 N–H and O–H groups in total. The van der Waals surface area contributed by atoms with Crippen molar-refractivity contribution in [3.63, 3.8) is 0 Å². The number of hydrogen-bond acceptors (Lipinski definition) is 7. The van der Waals surface area contributed by atoms with Gasteiger partial charge in [-0.25, -0.2) is 14.8 Å². The average Bonchev–Trinajstić information content (AvgIpc) is 3.31. The Morgan fingerprint density at radius 2 is 2.03 bits per heavy atom. The molecule has 0 saturated heterocycles. The number of carbonyl (C=O) groups excluding carboxylic acids is 1. The largest absolute Gasteiger partial charge is 0.414 e. The van der Waals surface area contributed by atoms with Crippen molar-refractivity contribution in [2.45, 2.75) is 19.5 Å². The number of H-pyrrole nitrogens is 1. The van der Waals surface area contributed by atoms with Crippen LogP contribution in [0.2, 0.25) is 0 Å². The molecule has 0 radical (unpaired) electrons. The fourth-order valence-electron chi connectivity index (χ4n) is 3.26. The van der Waals surface area contributed by atoms with E-state index in [1.807, 2.05) is 49.4 Å². The Labute approximate surface area is 190 Å². The number of amides is 1. The standard InChI is InChI=1S/C24H24N6O3/c1-16-11-27-23(28-13-17-6-5-9-25-12-17)30-22(16)19-10-21(26-14-19)33-24(32)29-20(15-31)18-7-3-2-4-8-18/h2-12,14,20,26,31H,13,15H2,1H3,(H,29,32)(H,27,28,30). The maximum absolute atomic E-state index is 12.3. The van der Waals surface area contributed by atoms with Crippen molar-refractivity contribution in [2.24, 2.45) is 0 Å². The quantitative estimate of drug-likeness (QED) is 0.327. The molecule has 9 heteroatoms. The smallest absolute Gasteiger partial charge is 0.394 e.